The number of hydrogen-bond acceptors (Lipinski definition) is 5. The van der Waals surface area contributed by atoms with E-state index in [2.05, 4.69) is 10.0 Å². The highest BCUT2D eigenvalue weighted by molar-refractivity contribution is 7.92. The molecule has 2 aromatic carbocycles. The van der Waals surface area contributed by atoms with Gasteiger partial charge in [0.2, 0.25) is 6.41 Å². The number of likely N-dealkylation sites (N-methyl/N-ethyl adjacent to an activating group) is 1. The van der Waals surface area contributed by atoms with Crippen LogP contribution >= 0.6 is 0 Å². The number of sulfonamides is 1. The van der Waals surface area contributed by atoms with Crippen molar-refractivity contribution >= 4 is 28.0 Å². The number of hydrogen-bond donors (Lipinski definition) is 2. The van der Waals surface area contributed by atoms with Crippen molar-refractivity contribution in [3.63, 3.8) is 0 Å². The maximum atomic E-state index is 12.7. The Morgan fingerprint density at radius 3 is 2.23 bits per heavy atom. The van der Waals surface area contributed by atoms with E-state index in [0.29, 0.717) is 24.3 Å². The second-order valence-electron chi connectivity index (χ2n) is 7.58. The van der Waals surface area contributed by atoms with Crippen molar-refractivity contribution in [1.82, 2.24) is 15.1 Å². The number of amides is 2. The van der Waals surface area contributed by atoms with Crippen molar-refractivity contribution in [2.45, 2.75) is 18.7 Å². The van der Waals surface area contributed by atoms with E-state index in [4.69, 9.17) is 0 Å². The molecule has 2 aromatic rings. The molecule has 0 heterocycles. The summed E-state index contributed by atoms with van der Waals surface area (Å²) in [6, 6.07) is 11.7. The van der Waals surface area contributed by atoms with Crippen molar-refractivity contribution in [2.75, 3.05) is 46.0 Å². The highest BCUT2D eigenvalue weighted by Gasteiger charge is 2.18. The number of carbonyl (C=O) groups is 2. The van der Waals surface area contributed by atoms with Crippen LogP contribution in [0.1, 0.15) is 21.5 Å². The lowest BCUT2D eigenvalue weighted by Gasteiger charge is -2.13. The molecular formula is C22H32N4O4S. The van der Waals surface area contributed by atoms with Gasteiger partial charge in [-0.15, -0.1) is 0 Å². The molecule has 0 atom stereocenters. The predicted molar refractivity (Wildman–Crippen MR) is 124 cm³/mol. The number of nitrogens with zero attached hydrogens (tertiary/aromatic N) is 2. The third-order valence-corrected chi connectivity index (χ3v) is 5.47. The maximum Gasteiger partial charge on any atom is 0.261 e. The lowest BCUT2D eigenvalue weighted by Crippen LogP contribution is -2.31. The minimum absolute atomic E-state index is 0.0577. The molecule has 31 heavy (non-hydrogen) atoms. The van der Waals surface area contributed by atoms with Crippen LogP contribution in [0.4, 0.5) is 5.69 Å². The monoisotopic (exact) mass is 448 g/mol. The summed E-state index contributed by atoms with van der Waals surface area (Å²) in [5.41, 5.74) is 2.52. The first-order valence-electron chi connectivity index (χ1n) is 9.71. The van der Waals surface area contributed by atoms with Gasteiger partial charge in [0.1, 0.15) is 0 Å². The fourth-order valence-corrected chi connectivity index (χ4v) is 3.50. The van der Waals surface area contributed by atoms with Crippen LogP contribution in [0.15, 0.2) is 47.4 Å². The van der Waals surface area contributed by atoms with E-state index in [1.54, 1.807) is 45.3 Å². The molecule has 0 saturated carbocycles. The lowest BCUT2D eigenvalue weighted by molar-refractivity contribution is -0.115. The van der Waals surface area contributed by atoms with Crippen LogP contribution in [0.25, 0.3) is 0 Å². The van der Waals surface area contributed by atoms with Gasteiger partial charge >= 0.3 is 0 Å². The fourth-order valence-electron chi connectivity index (χ4n) is 2.42. The van der Waals surface area contributed by atoms with Crippen molar-refractivity contribution in [3.05, 3.63) is 59.2 Å². The van der Waals surface area contributed by atoms with Crippen LogP contribution in [0.3, 0.4) is 0 Å². The van der Waals surface area contributed by atoms with E-state index < -0.39 is 10.0 Å². The summed E-state index contributed by atoms with van der Waals surface area (Å²) in [6.07, 6.45) is 0.750. The number of carbonyl (C=O) groups excluding carboxylic acids is 2. The molecule has 0 aliphatic heterocycles. The van der Waals surface area contributed by atoms with Gasteiger partial charge < -0.3 is 15.1 Å². The second kappa shape index (κ2) is 12.1. The van der Waals surface area contributed by atoms with Gasteiger partial charge in [-0.05, 0) is 63.3 Å². The summed E-state index contributed by atoms with van der Waals surface area (Å²) >= 11 is 0. The molecule has 0 fully saturated rings. The summed E-state index contributed by atoms with van der Waals surface area (Å²) in [7, 11) is 3.44. The molecule has 170 valence electrons. The van der Waals surface area contributed by atoms with Crippen LogP contribution < -0.4 is 10.0 Å². The first-order valence-corrected chi connectivity index (χ1v) is 11.2. The third kappa shape index (κ3) is 9.18. The molecule has 8 nitrogen and oxygen atoms in total. The van der Waals surface area contributed by atoms with E-state index in [1.807, 2.05) is 32.0 Å². The molecule has 2 rings (SSSR count). The molecule has 0 bridgehead atoms. The number of aryl methyl sites for hydroxylation is 2. The summed E-state index contributed by atoms with van der Waals surface area (Å²) < 4.78 is 27.9. The van der Waals surface area contributed by atoms with Gasteiger partial charge in [0.05, 0.1) is 4.90 Å². The van der Waals surface area contributed by atoms with E-state index >= 15 is 0 Å². The first-order chi connectivity index (χ1) is 14.5. The van der Waals surface area contributed by atoms with Gasteiger partial charge in [0.15, 0.2) is 0 Å². The zero-order valence-corrected chi connectivity index (χ0v) is 19.8. The van der Waals surface area contributed by atoms with Gasteiger partial charge in [-0.1, -0.05) is 18.2 Å². The van der Waals surface area contributed by atoms with Gasteiger partial charge in [-0.25, -0.2) is 8.42 Å². The molecule has 0 unspecified atom stereocenters. The predicted octanol–water partition coefficient (Wildman–Crippen LogP) is 2.10. The minimum atomic E-state index is -3.78. The third-order valence-electron chi connectivity index (χ3n) is 4.09. The van der Waals surface area contributed by atoms with Gasteiger partial charge in [0, 0.05) is 38.4 Å². The number of anilines is 1. The minimum Gasteiger partial charge on any atom is -0.351 e. The zero-order chi connectivity index (χ0) is 23.6. The van der Waals surface area contributed by atoms with Gasteiger partial charge in [0.25, 0.3) is 15.9 Å². The highest BCUT2D eigenvalue weighted by Crippen LogP contribution is 2.20. The molecule has 2 amide bonds. The normalized spacial score (nSPS) is 10.7. The van der Waals surface area contributed by atoms with Crippen LogP contribution in [-0.4, -0.2) is 71.8 Å². The summed E-state index contributed by atoms with van der Waals surface area (Å²) in [5.74, 6) is -0.281. The molecule has 0 aromatic heterocycles. The van der Waals surface area contributed by atoms with Crippen LogP contribution in [0, 0.1) is 13.8 Å². The maximum absolute atomic E-state index is 12.7. The number of benzene rings is 2. The van der Waals surface area contributed by atoms with Crippen molar-refractivity contribution in [2.24, 2.45) is 0 Å². The fraction of sp³-hybridized carbons (Fsp3) is 0.364. The van der Waals surface area contributed by atoms with Crippen molar-refractivity contribution in [1.29, 1.82) is 0 Å². The quantitative estimate of drug-likeness (QED) is 0.603. The SMILES string of the molecule is CN(C)C=O.Cc1cccc(NS(=O)(=O)c2ccc(C)c(C(=O)NCCN(C)C)c2)c1. The van der Waals surface area contributed by atoms with E-state index in [9.17, 15) is 18.0 Å². The Hall–Kier alpha value is -2.91. The summed E-state index contributed by atoms with van der Waals surface area (Å²) in [5, 5.41) is 2.81. The highest BCUT2D eigenvalue weighted by atomic mass is 32.2. The van der Waals surface area contributed by atoms with E-state index in [-0.39, 0.29) is 10.8 Å². The molecule has 9 heteroatoms. The summed E-state index contributed by atoms with van der Waals surface area (Å²) in [6.45, 7) is 4.87. The Bertz CT molecular complexity index is 989. The molecular weight excluding hydrogens is 416 g/mol. The van der Waals surface area contributed by atoms with E-state index in [0.717, 1.165) is 17.5 Å². The molecule has 0 aliphatic rings. The largest absolute Gasteiger partial charge is 0.351 e. The lowest BCUT2D eigenvalue weighted by atomic mass is 10.1. The van der Waals surface area contributed by atoms with Crippen LogP contribution in [0.5, 0.6) is 0 Å². The number of nitrogens with one attached hydrogen (secondary N) is 2. The Labute approximate surface area is 185 Å². The Kier molecular flexibility index (Phi) is 10.2. The van der Waals surface area contributed by atoms with Gasteiger partial charge in [-0.2, -0.15) is 0 Å². The van der Waals surface area contributed by atoms with Gasteiger partial charge in [-0.3, -0.25) is 14.3 Å². The van der Waals surface area contributed by atoms with Crippen molar-refractivity contribution in [3.8, 4) is 0 Å². The van der Waals surface area contributed by atoms with E-state index in [1.165, 1.54) is 17.0 Å². The van der Waals surface area contributed by atoms with Crippen molar-refractivity contribution < 1.29 is 18.0 Å². The Morgan fingerprint density at radius 2 is 1.68 bits per heavy atom. The standard InChI is InChI=1S/C19H25N3O3S.C3H7NO/c1-14-6-5-7-16(12-14)21-26(24,25)17-9-8-15(2)18(13-17)19(23)20-10-11-22(3)4;1-4(2)3-5/h5-9,12-13,21H,10-11H2,1-4H3,(H,20,23);3H,1-2H3. The zero-order valence-electron chi connectivity index (χ0n) is 19.0. The van der Waals surface area contributed by atoms with Crippen LogP contribution in [0.2, 0.25) is 0 Å². The number of rotatable bonds is 8. The second-order valence-corrected chi connectivity index (χ2v) is 9.26. The first kappa shape index (κ1) is 26.1. The Balaban J connectivity index is 0.000000861. The average Bonchev–Trinajstić information content (AvgIpc) is 2.67. The summed E-state index contributed by atoms with van der Waals surface area (Å²) in [4.78, 5) is 25.3. The smallest absolute Gasteiger partial charge is 0.261 e. The van der Waals surface area contributed by atoms with Crippen LogP contribution in [-0.2, 0) is 14.8 Å². The molecule has 0 saturated heterocycles. The Morgan fingerprint density at radius 1 is 1.03 bits per heavy atom. The molecule has 2 N–H and O–H groups in total. The topological polar surface area (TPSA) is 98.8 Å². The molecule has 0 spiro atoms. The average molecular weight is 449 g/mol. The molecule has 0 radical (unpaired) electrons. The molecule has 0 aliphatic carbocycles.